The Morgan fingerprint density at radius 2 is 1.38 bits per heavy atom. The van der Waals surface area contributed by atoms with Crippen LogP contribution in [-0.2, 0) is 24.8 Å². The molecule has 0 amide bonds. The maximum Gasteiger partial charge on any atom is 0.416 e. The minimum Gasteiger partial charge on any atom is -0.463 e. The highest BCUT2D eigenvalue weighted by Crippen LogP contribution is 2.48. The molecule has 32 heavy (non-hydrogen) atoms. The zero-order valence-electron chi connectivity index (χ0n) is 17.1. The van der Waals surface area contributed by atoms with Gasteiger partial charge in [-0.15, -0.1) is 0 Å². The molecule has 0 radical (unpaired) electrons. The molecule has 0 aliphatic heterocycles. The Labute approximate surface area is 183 Å². The van der Waals surface area contributed by atoms with Gasteiger partial charge in [0, 0.05) is 5.56 Å². The maximum atomic E-state index is 14.2. The lowest BCUT2D eigenvalue weighted by Gasteiger charge is -2.22. The van der Waals surface area contributed by atoms with E-state index in [0.717, 1.165) is 30.3 Å². The summed E-state index contributed by atoms with van der Waals surface area (Å²) in [7, 11) is -3.76. The van der Waals surface area contributed by atoms with Gasteiger partial charge in [0.15, 0.2) is 0 Å². The van der Waals surface area contributed by atoms with E-state index in [1.165, 1.54) is 0 Å². The Morgan fingerprint density at radius 1 is 0.875 bits per heavy atom. The minimum absolute atomic E-state index is 0.0880. The third-order valence-corrected chi connectivity index (χ3v) is 6.86. The van der Waals surface area contributed by atoms with Crippen LogP contribution in [0.25, 0.3) is 5.76 Å². The number of halogens is 3. The van der Waals surface area contributed by atoms with Crippen molar-refractivity contribution in [3.8, 4) is 0 Å². The van der Waals surface area contributed by atoms with Crippen LogP contribution < -0.4 is 10.6 Å². The van der Waals surface area contributed by atoms with Gasteiger partial charge in [-0.3, -0.25) is 4.57 Å². The normalized spacial score (nSPS) is 12.3. The number of carbonyl (C=O) groups is 1. The van der Waals surface area contributed by atoms with E-state index in [-0.39, 0.29) is 17.9 Å². The van der Waals surface area contributed by atoms with Crippen LogP contribution in [0.1, 0.15) is 18.1 Å². The zero-order chi connectivity index (χ0) is 23.2. The number of hydrogen-bond donors (Lipinski definition) is 0. The highest BCUT2D eigenvalue weighted by atomic mass is 31.2. The standard InChI is InChI=1S/C24H20F3O4P/c1-2-30-23(28)17-22(18-13-15-19(16-14-18)24(25,26)27)31-32(29,20-9-5-3-6-10-20)21-11-7-4-8-12-21/h3-17H,2H2,1H3/b22-17+. The van der Waals surface area contributed by atoms with Gasteiger partial charge in [0.25, 0.3) is 0 Å². The summed E-state index contributed by atoms with van der Waals surface area (Å²) >= 11 is 0. The zero-order valence-corrected chi connectivity index (χ0v) is 18.0. The molecular weight excluding hydrogens is 440 g/mol. The van der Waals surface area contributed by atoms with Crippen molar-refractivity contribution in [2.45, 2.75) is 13.1 Å². The van der Waals surface area contributed by atoms with Crippen molar-refractivity contribution in [3.63, 3.8) is 0 Å². The van der Waals surface area contributed by atoms with E-state index in [1.54, 1.807) is 67.6 Å². The van der Waals surface area contributed by atoms with Crippen LogP contribution in [0.2, 0.25) is 0 Å². The third-order valence-electron chi connectivity index (χ3n) is 4.45. The third kappa shape index (κ3) is 5.48. The topological polar surface area (TPSA) is 52.6 Å². The van der Waals surface area contributed by atoms with E-state index >= 15 is 0 Å². The van der Waals surface area contributed by atoms with Gasteiger partial charge in [-0.05, 0) is 43.3 Å². The fourth-order valence-corrected chi connectivity index (χ4v) is 4.99. The van der Waals surface area contributed by atoms with Gasteiger partial charge >= 0.3 is 19.5 Å². The summed E-state index contributed by atoms with van der Waals surface area (Å²) in [6.45, 7) is 1.70. The molecule has 0 aliphatic carbocycles. The molecule has 0 unspecified atom stereocenters. The minimum atomic E-state index is -4.52. The smallest absolute Gasteiger partial charge is 0.416 e. The molecule has 0 saturated carbocycles. The first-order valence-electron chi connectivity index (χ1n) is 9.71. The fourth-order valence-electron chi connectivity index (χ4n) is 2.92. The largest absolute Gasteiger partial charge is 0.463 e. The lowest BCUT2D eigenvalue weighted by atomic mass is 10.1. The van der Waals surface area contributed by atoms with Gasteiger partial charge in [-0.25, -0.2) is 4.79 Å². The van der Waals surface area contributed by atoms with E-state index in [9.17, 15) is 22.5 Å². The van der Waals surface area contributed by atoms with Crippen LogP contribution in [0, 0.1) is 0 Å². The van der Waals surface area contributed by atoms with Gasteiger partial charge in [-0.1, -0.05) is 48.5 Å². The van der Waals surface area contributed by atoms with E-state index in [1.807, 2.05) is 0 Å². The Hall–Kier alpha value is -3.31. The summed E-state index contributed by atoms with van der Waals surface area (Å²) in [5.74, 6) is -0.928. The summed E-state index contributed by atoms with van der Waals surface area (Å²) < 4.78 is 64.0. The predicted molar refractivity (Wildman–Crippen MR) is 117 cm³/mol. The molecular formula is C24H20F3O4P. The van der Waals surface area contributed by atoms with E-state index in [0.29, 0.717) is 10.6 Å². The molecule has 166 valence electrons. The van der Waals surface area contributed by atoms with Crippen LogP contribution >= 0.6 is 7.37 Å². The molecule has 0 aliphatic rings. The van der Waals surface area contributed by atoms with Gasteiger partial charge in [0.1, 0.15) is 5.76 Å². The summed E-state index contributed by atoms with van der Waals surface area (Å²) in [5.41, 5.74) is -0.704. The first-order chi connectivity index (χ1) is 15.2. The molecule has 0 spiro atoms. The first-order valence-corrected chi connectivity index (χ1v) is 11.3. The Bertz CT molecular complexity index is 1080. The number of esters is 1. The van der Waals surface area contributed by atoms with Crippen LogP contribution in [-0.4, -0.2) is 12.6 Å². The molecule has 0 N–H and O–H groups in total. The summed E-state index contributed by atoms with van der Waals surface area (Å²) in [5, 5.41) is 0.737. The quantitative estimate of drug-likeness (QED) is 0.201. The number of hydrogen-bond acceptors (Lipinski definition) is 4. The lowest BCUT2D eigenvalue weighted by Crippen LogP contribution is -2.18. The van der Waals surface area contributed by atoms with Crippen LogP contribution in [0.15, 0.2) is 91.0 Å². The van der Waals surface area contributed by atoms with Crippen molar-refractivity contribution in [1.82, 2.24) is 0 Å². The molecule has 0 bridgehead atoms. The van der Waals surface area contributed by atoms with Crippen molar-refractivity contribution in [2.24, 2.45) is 0 Å². The van der Waals surface area contributed by atoms with E-state index < -0.39 is 25.1 Å². The van der Waals surface area contributed by atoms with E-state index in [2.05, 4.69) is 0 Å². The Morgan fingerprint density at radius 3 is 1.81 bits per heavy atom. The fraction of sp³-hybridized carbons (Fsp3) is 0.125. The highest BCUT2D eigenvalue weighted by Gasteiger charge is 2.33. The Balaban J connectivity index is 2.11. The highest BCUT2D eigenvalue weighted by molar-refractivity contribution is 7.74. The van der Waals surface area contributed by atoms with Crippen molar-refractivity contribution in [1.29, 1.82) is 0 Å². The number of alkyl halides is 3. The lowest BCUT2D eigenvalue weighted by molar-refractivity contribution is -0.138. The number of ether oxygens (including phenoxy) is 1. The van der Waals surface area contributed by atoms with Crippen LogP contribution in [0.5, 0.6) is 0 Å². The molecule has 3 rings (SSSR count). The summed E-state index contributed by atoms with van der Waals surface area (Å²) in [6.07, 6.45) is -3.53. The van der Waals surface area contributed by atoms with Gasteiger partial charge < -0.3 is 9.26 Å². The van der Waals surface area contributed by atoms with Gasteiger partial charge in [-0.2, -0.15) is 13.2 Å². The molecule has 0 aromatic heterocycles. The maximum absolute atomic E-state index is 14.2. The number of benzene rings is 3. The monoisotopic (exact) mass is 460 g/mol. The summed E-state index contributed by atoms with van der Waals surface area (Å²) in [6, 6.07) is 20.9. The second-order valence-electron chi connectivity index (χ2n) is 6.65. The first kappa shape index (κ1) is 23.4. The van der Waals surface area contributed by atoms with Gasteiger partial charge in [0.05, 0.1) is 28.9 Å². The van der Waals surface area contributed by atoms with Crippen molar-refractivity contribution < 1.29 is 31.8 Å². The molecule has 4 nitrogen and oxygen atoms in total. The number of carbonyl (C=O) groups excluding carboxylic acids is 1. The molecule has 0 heterocycles. The van der Waals surface area contributed by atoms with Crippen LogP contribution in [0.3, 0.4) is 0 Å². The van der Waals surface area contributed by atoms with Crippen molar-refractivity contribution in [2.75, 3.05) is 6.61 Å². The van der Waals surface area contributed by atoms with E-state index in [4.69, 9.17) is 9.26 Å². The predicted octanol–water partition coefficient (Wildman–Crippen LogP) is 5.56. The second-order valence-corrected chi connectivity index (χ2v) is 8.97. The molecule has 3 aromatic carbocycles. The SMILES string of the molecule is CCOC(=O)/C=C(/OP(=O)(c1ccccc1)c1ccccc1)c1ccc(C(F)(F)F)cc1. The van der Waals surface area contributed by atoms with Gasteiger partial charge in [0.2, 0.25) is 0 Å². The molecule has 0 atom stereocenters. The van der Waals surface area contributed by atoms with Crippen molar-refractivity contribution in [3.05, 3.63) is 102 Å². The molecule has 8 heteroatoms. The summed E-state index contributed by atoms with van der Waals surface area (Å²) in [4.78, 5) is 12.2. The molecule has 0 saturated heterocycles. The average molecular weight is 460 g/mol. The second kappa shape index (κ2) is 9.88. The molecule has 0 fully saturated rings. The van der Waals surface area contributed by atoms with Crippen molar-refractivity contribution >= 4 is 29.7 Å². The average Bonchev–Trinajstić information content (AvgIpc) is 2.79. The Kier molecular flexibility index (Phi) is 7.21. The number of rotatable bonds is 7. The molecule has 3 aromatic rings. The van der Waals surface area contributed by atoms with Crippen LogP contribution in [0.4, 0.5) is 13.2 Å².